The molecule has 1 aliphatic rings. The van der Waals surface area contributed by atoms with Crippen molar-refractivity contribution in [2.24, 2.45) is 7.05 Å². The highest BCUT2D eigenvalue weighted by atomic mass is 16.2. The zero-order chi connectivity index (χ0) is 18.8. The summed E-state index contributed by atoms with van der Waals surface area (Å²) in [5.41, 5.74) is 1.86. The van der Waals surface area contributed by atoms with E-state index >= 15 is 0 Å². The smallest absolute Gasteiger partial charge is 0.288 e. The summed E-state index contributed by atoms with van der Waals surface area (Å²) in [7, 11) is 3.60. The van der Waals surface area contributed by atoms with Crippen molar-refractivity contribution in [3.8, 4) is 0 Å². The van der Waals surface area contributed by atoms with Crippen molar-refractivity contribution in [1.82, 2.24) is 30.2 Å². The lowest BCUT2D eigenvalue weighted by molar-refractivity contribution is 0.0952. The first-order chi connectivity index (χ1) is 12.4. The Bertz CT molecular complexity index is 801. The van der Waals surface area contributed by atoms with Crippen molar-refractivity contribution >= 4 is 11.7 Å². The van der Waals surface area contributed by atoms with E-state index in [1.807, 2.05) is 37.9 Å². The van der Waals surface area contributed by atoms with Crippen LogP contribution in [0.2, 0.25) is 0 Å². The minimum atomic E-state index is -0.258. The first-order valence-corrected chi connectivity index (χ1v) is 8.96. The van der Waals surface area contributed by atoms with E-state index in [0.29, 0.717) is 6.04 Å². The molecule has 0 radical (unpaired) electrons. The number of anilines is 1. The molecule has 0 spiro atoms. The second kappa shape index (κ2) is 7.41. The van der Waals surface area contributed by atoms with Crippen LogP contribution in [0.3, 0.4) is 0 Å². The number of aromatic nitrogens is 4. The van der Waals surface area contributed by atoms with Gasteiger partial charge in [-0.3, -0.25) is 4.79 Å². The summed E-state index contributed by atoms with van der Waals surface area (Å²) in [6.07, 6.45) is 4.80. The Morgan fingerprint density at radius 3 is 2.77 bits per heavy atom. The normalized spacial score (nSPS) is 18.2. The van der Waals surface area contributed by atoms with Gasteiger partial charge in [-0.15, -0.1) is 0 Å². The SMILES string of the molecule is CNC(=O)c1nc(C)c(C)c(N2CC[C@@H](NC(C)c3nccn3C)C2)n1. The monoisotopic (exact) mass is 357 g/mol. The first-order valence-electron chi connectivity index (χ1n) is 8.96. The largest absolute Gasteiger partial charge is 0.355 e. The standard InChI is InChI=1S/C18H27N7O/c1-11-12(2)22-15(18(26)19-4)23-16(11)25-8-6-14(10-25)21-13(3)17-20-7-9-24(17)5/h7,9,13-14,21H,6,8,10H2,1-5H3,(H,19,26)/t13?,14-/m1/s1. The van der Waals surface area contributed by atoms with Crippen molar-refractivity contribution < 1.29 is 4.79 Å². The number of nitrogens with zero attached hydrogens (tertiary/aromatic N) is 5. The quantitative estimate of drug-likeness (QED) is 0.834. The van der Waals surface area contributed by atoms with Crippen LogP contribution in [0, 0.1) is 13.8 Å². The summed E-state index contributed by atoms with van der Waals surface area (Å²) in [5, 5.41) is 6.25. The van der Waals surface area contributed by atoms with E-state index in [4.69, 9.17) is 0 Å². The molecule has 1 aliphatic heterocycles. The number of rotatable bonds is 5. The third-order valence-corrected chi connectivity index (χ3v) is 5.01. The molecule has 1 unspecified atom stereocenters. The van der Waals surface area contributed by atoms with Crippen LogP contribution < -0.4 is 15.5 Å². The third-order valence-electron chi connectivity index (χ3n) is 5.01. The topological polar surface area (TPSA) is 88.0 Å². The molecular weight excluding hydrogens is 330 g/mol. The second-order valence-electron chi connectivity index (χ2n) is 6.88. The number of carbonyl (C=O) groups is 1. The van der Waals surface area contributed by atoms with Crippen LogP contribution in [-0.2, 0) is 7.05 Å². The van der Waals surface area contributed by atoms with Gasteiger partial charge in [-0.1, -0.05) is 0 Å². The molecule has 0 bridgehead atoms. The maximum atomic E-state index is 11.9. The van der Waals surface area contributed by atoms with Crippen molar-refractivity contribution in [2.45, 2.75) is 39.3 Å². The molecule has 0 aromatic carbocycles. The summed E-state index contributed by atoms with van der Waals surface area (Å²) in [6.45, 7) is 7.81. The highest BCUT2D eigenvalue weighted by Gasteiger charge is 2.28. The molecule has 8 heteroatoms. The lowest BCUT2D eigenvalue weighted by Gasteiger charge is -2.23. The Morgan fingerprint density at radius 1 is 1.35 bits per heavy atom. The van der Waals surface area contributed by atoms with E-state index in [1.165, 1.54) is 0 Å². The number of imidazole rings is 1. The minimum Gasteiger partial charge on any atom is -0.355 e. The molecule has 0 saturated carbocycles. The minimum absolute atomic E-state index is 0.176. The molecule has 3 heterocycles. The lowest BCUT2D eigenvalue weighted by Crippen LogP contribution is -2.36. The van der Waals surface area contributed by atoms with Crippen LogP contribution in [0.25, 0.3) is 0 Å². The third kappa shape index (κ3) is 3.55. The Balaban J connectivity index is 1.73. The van der Waals surface area contributed by atoms with Gasteiger partial charge < -0.3 is 20.1 Å². The fourth-order valence-electron chi connectivity index (χ4n) is 3.45. The van der Waals surface area contributed by atoms with Crippen LogP contribution in [0.1, 0.15) is 47.1 Å². The molecule has 2 atom stereocenters. The molecule has 26 heavy (non-hydrogen) atoms. The van der Waals surface area contributed by atoms with Crippen LogP contribution >= 0.6 is 0 Å². The predicted molar refractivity (Wildman–Crippen MR) is 100 cm³/mol. The molecule has 1 fully saturated rings. The van der Waals surface area contributed by atoms with Gasteiger partial charge in [0.05, 0.1) is 6.04 Å². The molecule has 2 aromatic rings. The van der Waals surface area contributed by atoms with Gasteiger partial charge in [0.15, 0.2) is 0 Å². The number of aryl methyl sites for hydroxylation is 2. The number of amides is 1. The van der Waals surface area contributed by atoms with Gasteiger partial charge in [0.25, 0.3) is 5.91 Å². The molecule has 140 valence electrons. The molecule has 3 rings (SSSR count). The van der Waals surface area contributed by atoms with Gasteiger partial charge in [0.2, 0.25) is 5.82 Å². The van der Waals surface area contributed by atoms with Crippen LogP contribution in [0.5, 0.6) is 0 Å². The number of carbonyl (C=O) groups excluding carboxylic acids is 1. The Hall–Kier alpha value is -2.48. The van der Waals surface area contributed by atoms with Crippen LogP contribution in [-0.4, -0.2) is 51.6 Å². The highest BCUT2D eigenvalue weighted by Crippen LogP contribution is 2.25. The van der Waals surface area contributed by atoms with Crippen molar-refractivity contribution in [1.29, 1.82) is 0 Å². The average Bonchev–Trinajstić information content (AvgIpc) is 3.25. The van der Waals surface area contributed by atoms with E-state index in [1.54, 1.807) is 7.05 Å². The lowest BCUT2D eigenvalue weighted by atomic mass is 10.2. The molecule has 8 nitrogen and oxygen atoms in total. The van der Waals surface area contributed by atoms with Gasteiger partial charge in [0, 0.05) is 56.9 Å². The summed E-state index contributed by atoms with van der Waals surface area (Å²) >= 11 is 0. The summed E-state index contributed by atoms with van der Waals surface area (Å²) in [5.74, 6) is 1.85. The second-order valence-corrected chi connectivity index (χ2v) is 6.88. The van der Waals surface area contributed by atoms with Gasteiger partial charge in [-0.25, -0.2) is 15.0 Å². The fourth-order valence-corrected chi connectivity index (χ4v) is 3.45. The van der Waals surface area contributed by atoms with Gasteiger partial charge in [-0.2, -0.15) is 0 Å². The summed E-state index contributed by atoms with van der Waals surface area (Å²) in [4.78, 5) is 27.4. The predicted octanol–water partition coefficient (Wildman–Crippen LogP) is 1.12. The average molecular weight is 357 g/mol. The van der Waals surface area contributed by atoms with E-state index in [0.717, 1.165) is 42.4 Å². The van der Waals surface area contributed by atoms with Crippen LogP contribution in [0.4, 0.5) is 5.82 Å². The van der Waals surface area contributed by atoms with Gasteiger partial charge >= 0.3 is 0 Å². The zero-order valence-corrected chi connectivity index (χ0v) is 16.1. The number of hydrogen-bond donors (Lipinski definition) is 2. The molecule has 2 N–H and O–H groups in total. The van der Waals surface area contributed by atoms with Crippen molar-refractivity contribution in [3.05, 3.63) is 35.3 Å². The maximum Gasteiger partial charge on any atom is 0.288 e. The van der Waals surface area contributed by atoms with E-state index in [2.05, 4.69) is 37.4 Å². The highest BCUT2D eigenvalue weighted by molar-refractivity contribution is 5.90. The van der Waals surface area contributed by atoms with E-state index < -0.39 is 0 Å². The molecule has 0 aliphatic carbocycles. The van der Waals surface area contributed by atoms with Crippen molar-refractivity contribution in [2.75, 3.05) is 25.0 Å². The summed E-state index contributed by atoms with van der Waals surface area (Å²) in [6, 6.07) is 0.523. The number of hydrogen-bond acceptors (Lipinski definition) is 6. The first kappa shape index (κ1) is 18.3. The number of nitrogens with one attached hydrogen (secondary N) is 2. The van der Waals surface area contributed by atoms with E-state index in [-0.39, 0.29) is 17.8 Å². The maximum absolute atomic E-state index is 11.9. The molecule has 1 amide bonds. The van der Waals surface area contributed by atoms with Gasteiger partial charge in [0.1, 0.15) is 11.6 Å². The van der Waals surface area contributed by atoms with Crippen LogP contribution in [0.15, 0.2) is 12.4 Å². The van der Waals surface area contributed by atoms with E-state index in [9.17, 15) is 4.79 Å². The van der Waals surface area contributed by atoms with Gasteiger partial charge in [-0.05, 0) is 27.2 Å². The Kier molecular flexibility index (Phi) is 5.22. The molecule has 2 aromatic heterocycles. The summed E-state index contributed by atoms with van der Waals surface area (Å²) < 4.78 is 2.04. The molecular formula is C18H27N7O. The zero-order valence-electron chi connectivity index (χ0n) is 16.1. The Labute approximate surface area is 154 Å². The fraction of sp³-hybridized carbons (Fsp3) is 0.556. The van der Waals surface area contributed by atoms with Crippen molar-refractivity contribution in [3.63, 3.8) is 0 Å². The molecule has 1 saturated heterocycles. The Morgan fingerprint density at radius 2 is 2.12 bits per heavy atom.